The zero-order valence-electron chi connectivity index (χ0n) is 11.2. The number of hydrogen-bond donors (Lipinski definition) is 0. The Balaban J connectivity index is 2.47. The summed E-state index contributed by atoms with van der Waals surface area (Å²) in [5, 5.41) is 10.7. The second kappa shape index (κ2) is 8.75. The first-order valence-corrected chi connectivity index (χ1v) is 7.18. The van der Waals surface area contributed by atoms with Crippen molar-refractivity contribution in [1.82, 2.24) is 0 Å². The molecule has 0 spiro atoms. The maximum absolute atomic E-state index is 10.7. The third-order valence-electron chi connectivity index (χ3n) is 2.90. The molecule has 19 heavy (non-hydrogen) atoms. The van der Waals surface area contributed by atoms with E-state index in [2.05, 4.69) is 6.92 Å². The Morgan fingerprint density at radius 3 is 2.63 bits per heavy atom. The van der Waals surface area contributed by atoms with Crippen molar-refractivity contribution >= 4 is 17.3 Å². The van der Waals surface area contributed by atoms with Gasteiger partial charge in [0.2, 0.25) is 0 Å². The SMILES string of the molecule is CCCCCCCOc1ccc([N+](=O)[O-])cc1CCl. The number of hydrogen-bond acceptors (Lipinski definition) is 3. The summed E-state index contributed by atoms with van der Waals surface area (Å²) in [6, 6.07) is 4.55. The maximum Gasteiger partial charge on any atom is 0.270 e. The fourth-order valence-electron chi connectivity index (χ4n) is 1.81. The van der Waals surface area contributed by atoms with Gasteiger partial charge in [0.05, 0.1) is 17.4 Å². The average molecular weight is 286 g/mol. The summed E-state index contributed by atoms with van der Waals surface area (Å²) in [6.45, 7) is 2.81. The van der Waals surface area contributed by atoms with Crippen molar-refractivity contribution in [2.75, 3.05) is 6.61 Å². The second-order valence-electron chi connectivity index (χ2n) is 4.45. The Kier molecular flexibility index (Phi) is 7.26. The molecular formula is C14H20ClNO3. The third-order valence-corrected chi connectivity index (χ3v) is 3.19. The number of rotatable bonds is 9. The van der Waals surface area contributed by atoms with Gasteiger partial charge in [0, 0.05) is 17.7 Å². The summed E-state index contributed by atoms with van der Waals surface area (Å²) in [4.78, 5) is 10.2. The summed E-state index contributed by atoms with van der Waals surface area (Å²) in [7, 11) is 0. The number of alkyl halides is 1. The van der Waals surface area contributed by atoms with E-state index in [9.17, 15) is 10.1 Å². The van der Waals surface area contributed by atoms with Crippen molar-refractivity contribution in [2.45, 2.75) is 44.9 Å². The average Bonchev–Trinajstić information content (AvgIpc) is 2.42. The molecule has 0 fully saturated rings. The van der Waals surface area contributed by atoms with Crippen molar-refractivity contribution in [1.29, 1.82) is 0 Å². The Hall–Kier alpha value is -1.29. The number of benzene rings is 1. The molecule has 0 N–H and O–H groups in total. The molecule has 0 amide bonds. The molecule has 0 saturated heterocycles. The zero-order valence-corrected chi connectivity index (χ0v) is 12.0. The van der Waals surface area contributed by atoms with Crippen LogP contribution in [-0.4, -0.2) is 11.5 Å². The summed E-state index contributed by atoms with van der Waals surface area (Å²) < 4.78 is 5.64. The molecule has 4 nitrogen and oxygen atoms in total. The molecule has 0 bridgehead atoms. The van der Waals surface area contributed by atoms with Gasteiger partial charge in [-0.15, -0.1) is 11.6 Å². The largest absolute Gasteiger partial charge is 0.493 e. The van der Waals surface area contributed by atoms with Crippen LogP contribution < -0.4 is 4.74 Å². The molecule has 0 aromatic heterocycles. The van der Waals surface area contributed by atoms with Gasteiger partial charge in [0.1, 0.15) is 5.75 Å². The number of nitro groups is 1. The number of non-ortho nitro benzene ring substituents is 1. The molecular weight excluding hydrogens is 266 g/mol. The van der Waals surface area contributed by atoms with Crippen LogP contribution in [0.5, 0.6) is 5.75 Å². The van der Waals surface area contributed by atoms with Crippen molar-refractivity contribution in [3.8, 4) is 5.75 Å². The predicted octanol–water partition coefficient (Wildman–Crippen LogP) is 4.68. The summed E-state index contributed by atoms with van der Waals surface area (Å²) >= 11 is 5.79. The van der Waals surface area contributed by atoms with Crippen molar-refractivity contribution in [3.63, 3.8) is 0 Å². The van der Waals surface area contributed by atoms with E-state index in [-0.39, 0.29) is 11.6 Å². The van der Waals surface area contributed by atoms with Crippen LogP contribution in [0, 0.1) is 10.1 Å². The molecule has 1 aromatic rings. The predicted molar refractivity (Wildman–Crippen MR) is 76.9 cm³/mol. The topological polar surface area (TPSA) is 52.4 Å². The summed E-state index contributed by atoms with van der Waals surface area (Å²) in [6.07, 6.45) is 5.85. The lowest BCUT2D eigenvalue weighted by Crippen LogP contribution is -2.00. The molecule has 0 heterocycles. The van der Waals surface area contributed by atoms with Crippen LogP contribution in [0.2, 0.25) is 0 Å². The number of ether oxygens (including phenoxy) is 1. The minimum absolute atomic E-state index is 0.0472. The van der Waals surface area contributed by atoms with Gasteiger partial charge in [-0.05, 0) is 12.5 Å². The fourth-order valence-corrected chi connectivity index (χ4v) is 2.02. The van der Waals surface area contributed by atoms with Gasteiger partial charge in [-0.2, -0.15) is 0 Å². The van der Waals surface area contributed by atoms with E-state index in [0.717, 1.165) is 12.8 Å². The first kappa shape index (κ1) is 15.8. The highest BCUT2D eigenvalue weighted by molar-refractivity contribution is 6.17. The van der Waals surface area contributed by atoms with Crippen LogP contribution in [0.4, 0.5) is 5.69 Å². The molecule has 0 aliphatic heterocycles. The Morgan fingerprint density at radius 2 is 2.00 bits per heavy atom. The molecule has 5 heteroatoms. The van der Waals surface area contributed by atoms with E-state index in [1.54, 1.807) is 6.07 Å². The van der Waals surface area contributed by atoms with E-state index < -0.39 is 4.92 Å². The van der Waals surface area contributed by atoms with Crippen molar-refractivity contribution < 1.29 is 9.66 Å². The van der Waals surface area contributed by atoms with Gasteiger partial charge in [-0.25, -0.2) is 0 Å². The number of nitrogens with zero attached hydrogens (tertiary/aromatic N) is 1. The van der Waals surface area contributed by atoms with E-state index in [0.29, 0.717) is 17.9 Å². The van der Waals surface area contributed by atoms with E-state index >= 15 is 0 Å². The highest BCUT2D eigenvalue weighted by Crippen LogP contribution is 2.25. The highest BCUT2D eigenvalue weighted by atomic mass is 35.5. The van der Waals surface area contributed by atoms with Crippen molar-refractivity contribution in [3.05, 3.63) is 33.9 Å². The number of halogens is 1. The van der Waals surface area contributed by atoms with Gasteiger partial charge >= 0.3 is 0 Å². The summed E-state index contributed by atoms with van der Waals surface area (Å²) in [5.74, 6) is 0.864. The molecule has 1 rings (SSSR count). The van der Waals surface area contributed by atoms with E-state index in [1.807, 2.05) is 0 Å². The minimum atomic E-state index is -0.426. The zero-order chi connectivity index (χ0) is 14.1. The molecule has 0 aliphatic carbocycles. The number of nitro benzene ring substituents is 1. The lowest BCUT2D eigenvalue weighted by atomic mass is 10.1. The van der Waals surface area contributed by atoms with Crippen LogP contribution in [0.3, 0.4) is 0 Å². The minimum Gasteiger partial charge on any atom is -0.493 e. The lowest BCUT2D eigenvalue weighted by Gasteiger charge is -2.09. The van der Waals surface area contributed by atoms with Crippen molar-refractivity contribution in [2.24, 2.45) is 0 Å². The monoisotopic (exact) mass is 285 g/mol. The first-order valence-electron chi connectivity index (χ1n) is 6.65. The Bertz CT molecular complexity index is 410. The molecule has 0 unspecified atom stereocenters. The van der Waals surface area contributed by atoms with Crippen LogP contribution in [0.25, 0.3) is 0 Å². The molecule has 0 atom stereocenters. The Morgan fingerprint density at radius 1 is 1.26 bits per heavy atom. The van der Waals surface area contributed by atoms with Crippen LogP contribution in [-0.2, 0) is 5.88 Å². The van der Waals surface area contributed by atoms with Gasteiger partial charge < -0.3 is 4.74 Å². The lowest BCUT2D eigenvalue weighted by molar-refractivity contribution is -0.384. The van der Waals surface area contributed by atoms with Crippen LogP contribution in [0.15, 0.2) is 18.2 Å². The standard InChI is InChI=1S/C14H20ClNO3/c1-2-3-4-5-6-9-19-14-8-7-13(16(17)18)10-12(14)11-15/h7-8,10H,2-6,9,11H2,1H3. The van der Waals surface area contributed by atoms with E-state index in [4.69, 9.17) is 16.3 Å². The normalized spacial score (nSPS) is 10.4. The molecule has 0 aliphatic rings. The molecule has 106 valence electrons. The van der Waals surface area contributed by atoms with Gasteiger partial charge in [0.15, 0.2) is 0 Å². The van der Waals surface area contributed by atoms with Crippen LogP contribution >= 0.6 is 11.6 Å². The number of unbranched alkanes of at least 4 members (excludes halogenated alkanes) is 4. The maximum atomic E-state index is 10.7. The first-order chi connectivity index (χ1) is 9.19. The van der Waals surface area contributed by atoms with Gasteiger partial charge in [-0.3, -0.25) is 10.1 Å². The highest BCUT2D eigenvalue weighted by Gasteiger charge is 2.10. The second-order valence-corrected chi connectivity index (χ2v) is 4.71. The Labute approximate surface area is 118 Å². The summed E-state index contributed by atoms with van der Waals surface area (Å²) in [5.41, 5.74) is 0.718. The quantitative estimate of drug-likeness (QED) is 0.286. The molecule has 1 aromatic carbocycles. The van der Waals surface area contributed by atoms with Gasteiger partial charge in [-0.1, -0.05) is 32.6 Å². The third kappa shape index (κ3) is 5.47. The van der Waals surface area contributed by atoms with E-state index in [1.165, 1.54) is 31.4 Å². The molecule has 0 radical (unpaired) electrons. The van der Waals surface area contributed by atoms with Crippen LogP contribution in [0.1, 0.15) is 44.6 Å². The van der Waals surface area contributed by atoms with Gasteiger partial charge in [0.25, 0.3) is 5.69 Å². The smallest absolute Gasteiger partial charge is 0.270 e. The molecule has 0 saturated carbocycles. The fraction of sp³-hybridized carbons (Fsp3) is 0.571.